The molecule has 2 aliphatic rings. The van der Waals surface area contributed by atoms with Crippen molar-refractivity contribution in [2.45, 2.75) is 32.7 Å². The lowest BCUT2D eigenvalue weighted by molar-refractivity contribution is -0.121. The Morgan fingerprint density at radius 3 is 3.04 bits per heavy atom. The first-order valence-corrected chi connectivity index (χ1v) is 9.06. The Labute approximate surface area is 147 Å². The summed E-state index contributed by atoms with van der Waals surface area (Å²) in [5.74, 6) is 0.956. The molecule has 1 saturated heterocycles. The summed E-state index contributed by atoms with van der Waals surface area (Å²) in [5.41, 5.74) is 2.24. The zero-order valence-electron chi connectivity index (χ0n) is 14.1. The molecule has 5 heteroatoms. The van der Waals surface area contributed by atoms with E-state index in [1.54, 1.807) is 11.0 Å². The molecule has 4 nitrogen and oxygen atoms in total. The molecule has 24 heavy (non-hydrogen) atoms. The number of carbonyl (C=O) groups excluding carboxylic acids is 1. The van der Waals surface area contributed by atoms with E-state index in [9.17, 15) is 4.79 Å². The maximum Gasteiger partial charge on any atom is 0.267 e. The molecule has 0 bridgehead atoms. The third-order valence-corrected chi connectivity index (χ3v) is 4.82. The Morgan fingerprint density at radius 1 is 1.46 bits per heavy atom. The number of carbonyl (C=O) groups is 1. The fourth-order valence-electron chi connectivity index (χ4n) is 2.74. The normalized spacial score (nSPS) is 20.6. The van der Waals surface area contributed by atoms with Gasteiger partial charge in [-0.25, -0.2) is 0 Å². The number of benzene rings is 1. The fourth-order valence-corrected chi connectivity index (χ4v) is 3.86. The van der Waals surface area contributed by atoms with Gasteiger partial charge < -0.3 is 4.74 Å². The van der Waals surface area contributed by atoms with E-state index in [4.69, 9.17) is 4.74 Å². The molecular weight excluding hydrogens is 320 g/mol. The highest BCUT2D eigenvalue weighted by Gasteiger charge is 2.32. The Kier molecular flexibility index (Phi) is 5.09. The predicted octanol–water partition coefficient (Wildman–Crippen LogP) is 3.88. The quantitative estimate of drug-likeness (QED) is 0.616. The van der Waals surface area contributed by atoms with Gasteiger partial charge in [0.25, 0.3) is 5.91 Å². The zero-order valence-corrected chi connectivity index (χ0v) is 14.9. The maximum absolute atomic E-state index is 12.7. The highest BCUT2D eigenvalue weighted by Crippen LogP contribution is 2.34. The zero-order chi connectivity index (χ0) is 17.1. The molecule has 2 heterocycles. The van der Waals surface area contributed by atoms with Crippen molar-refractivity contribution in [1.82, 2.24) is 4.90 Å². The van der Waals surface area contributed by atoms with Gasteiger partial charge >= 0.3 is 0 Å². The largest absolute Gasteiger partial charge is 0.493 e. The number of hydrogen-bond donors (Lipinski definition) is 0. The van der Waals surface area contributed by atoms with E-state index < -0.39 is 0 Å². The van der Waals surface area contributed by atoms with Crippen molar-refractivity contribution in [3.8, 4) is 5.75 Å². The van der Waals surface area contributed by atoms with E-state index >= 15 is 0 Å². The number of aryl methyl sites for hydroxylation is 1. The highest BCUT2D eigenvalue weighted by atomic mass is 32.2. The number of nitrogens with zero attached hydrogens (tertiary/aromatic N) is 2. The first-order valence-electron chi connectivity index (χ1n) is 8.24. The van der Waals surface area contributed by atoms with Crippen LogP contribution in [0.2, 0.25) is 0 Å². The molecule has 0 aliphatic carbocycles. The molecule has 0 N–H and O–H groups in total. The lowest BCUT2D eigenvalue weighted by atomic mass is 10.0. The van der Waals surface area contributed by atoms with Crippen molar-refractivity contribution in [2.24, 2.45) is 4.99 Å². The van der Waals surface area contributed by atoms with E-state index in [1.165, 1.54) is 17.3 Å². The molecule has 0 radical (unpaired) electrons. The van der Waals surface area contributed by atoms with Crippen LogP contribution in [0.5, 0.6) is 5.75 Å². The predicted molar refractivity (Wildman–Crippen MR) is 100 cm³/mol. The van der Waals surface area contributed by atoms with E-state index in [0.717, 1.165) is 35.9 Å². The number of thioether (sulfide) groups is 1. The summed E-state index contributed by atoms with van der Waals surface area (Å²) in [6.07, 6.45) is 5.74. The van der Waals surface area contributed by atoms with Crippen LogP contribution in [0.4, 0.5) is 0 Å². The lowest BCUT2D eigenvalue weighted by Crippen LogP contribution is -2.29. The molecule has 1 aromatic carbocycles. The summed E-state index contributed by atoms with van der Waals surface area (Å²) in [6.45, 7) is 9.02. The van der Waals surface area contributed by atoms with Crippen molar-refractivity contribution in [2.75, 3.05) is 13.2 Å². The Balaban J connectivity index is 1.89. The first-order chi connectivity index (χ1) is 11.6. The minimum absolute atomic E-state index is 0.00623. The molecule has 1 aromatic rings. The van der Waals surface area contributed by atoms with Gasteiger partial charge in [-0.05, 0) is 67.8 Å². The van der Waals surface area contributed by atoms with Gasteiger partial charge in [0.15, 0.2) is 5.17 Å². The Hall–Kier alpha value is -2.01. The van der Waals surface area contributed by atoms with Gasteiger partial charge in [-0.3, -0.25) is 14.7 Å². The standard InChI is InChI=1S/C19H22N2O2S/c1-4-9-21-18(22)17(24-19(21)20-13(2)3)12-14-7-8-16-15(11-14)6-5-10-23-16/h4,7-8,11-13H,1,5-6,9-10H2,2-3H3/b17-12-,20-19-. The number of aliphatic imine (C=N–C) groups is 1. The molecule has 0 unspecified atom stereocenters. The molecule has 2 aliphatic heterocycles. The average Bonchev–Trinajstić information content (AvgIpc) is 2.83. The van der Waals surface area contributed by atoms with E-state index in [1.807, 2.05) is 32.1 Å². The van der Waals surface area contributed by atoms with Gasteiger partial charge in [-0.2, -0.15) is 0 Å². The molecule has 126 valence electrons. The molecule has 0 atom stereocenters. The van der Waals surface area contributed by atoms with Gasteiger partial charge in [0.05, 0.1) is 11.5 Å². The summed E-state index contributed by atoms with van der Waals surface area (Å²) in [6, 6.07) is 6.26. The van der Waals surface area contributed by atoms with Gasteiger partial charge in [-0.15, -0.1) is 6.58 Å². The summed E-state index contributed by atoms with van der Waals surface area (Å²) in [7, 11) is 0. The van der Waals surface area contributed by atoms with Crippen molar-refractivity contribution in [1.29, 1.82) is 0 Å². The second-order valence-electron chi connectivity index (χ2n) is 6.14. The fraction of sp³-hybridized carbons (Fsp3) is 0.368. The molecule has 3 rings (SSSR count). The first kappa shape index (κ1) is 16.8. The smallest absolute Gasteiger partial charge is 0.267 e. The Morgan fingerprint density at radius 2 is 2.29 bits per heavy atom. The van der Waals surface area contributed by atoms with E-state index in [-0.39, 0.29) is 11.9 Å². The summed E-state index contributed by atoms with van der Waals surface area (Å²) in [5, 5.41) is 0.752. The summed E-state index contributed by atoms with van der Waals surface area (Å²) in [4.78, 5) is 19.6. The van der Waals surface area contributed by atoms with Gasteiger partial charge in [-0.1, -0.05) is 12.1 Å². The minimum Gasteiger partial charge on any atom is -0.493 e. The molecule has 1 fully saturated rings. The van der Waals surface area contributed by atoms with Crippen molar-refractivity contribution >= 4 is 28.9 Å². The molecule has 0 aromatic heterocycles. The number of hydrogen-bond acceptors (Lipinski definition) is 4. The number of amidine groups is 1. The Bertz CT molecular complexity index is 722. The van der Waals surface area contributed by atoms with Crippen LogP contribution in [0.15, 0.2) is 40.8 Å². The van der Waals surface area contributed by atoms with E-state index in [2.05, 4.69) is 17.6 Å². The van der Waals surface area contributed by atoms with Crippen LogP contribution >= 0.6 is 11.8 Å². The van der Waals surface area contributed by atoms with Crippen LogP contribution in [0, 0.1) is 0 Å². The monoisotopic (exact) mass is 342 g/mol. The number of rotatable bonds is 4. The van der Waals surface area contributed by atoms with Gasteiger partial charge in [0.1, 0.15) is 5.75 Å². The minimum atomic E-state index is -0.00623. The second kappa shape index (κ2) is 7.26. The molecular formula is C19H22N2O2S. The summed E-state index contributed by atoms with van der Waals surface area (Å²) < 4.78 is 5.65. The lowest BCUT2D eigenvalue weighted by Gasteiger charge is -2.17. The molecule has 0 saturated carbocycles. The molecule has 1 amide bonds. The average molecular weight is 342 g/mol. The number of ether oxygens (including phenoxy) is 1. The second-order valence-corrected chi connectivity index (χ2v) is 7.15. The molecule has 0 spiro atoms. The van der Waals surface area contributed by atoms with Gasteiger partial charge in [0, 0.05) is 12.6 Å². The van der Waals surface area contributed by atoms with Crippen molar-refractivity contribution < 1.29 is 9.53 Å². The number of fused-ring (bicyclic) bond motifs is 1. The van der Waals surface area contributed by atoms with E-state index in [0.29, 0.717) is 11.4 Å². The number of amides is 1. The third kappa shape index (κ3) is 3.56. The van der Waals surface area contributed by atoms with Gasteiger partial charge in [0.2, 0.25) is 0 Å². The maximum atomic E-state index is 12.7. The van der Waals surface area contributed by atoms with Crippen molar-refractivity contribution in [3.05, 3.63) is 46.9 Å². The van der Waals surface area contributed by atoms with Crippen LogP contribution in [-0.2, 0) is 11.2 Å². The van der Waals surface area contributed by atoms with Crippen LogP contribution in [-0.4, -0.2) is 35.2 Å². The highest BCUT2D eigenvalue weighted by molar-refractivity contribution is 8.18. The third-order valence-electron chi connectivity index (χ3n) is 3.80. The topological polar surface area (TPSA) is 41.9 Å². The van der Waals surface area contributed by atoms with Crippen LogP contribution in [0.25, 0.3) is 6.08 Å². The summed E-state index contributed by atoms with van der Waals surface area (Å²) >= 11 is 1.44. The van der Waals surface area contributed by atoms with Crippen molar-refractivity contribution in [3.63, 3.8) is 0 Å². The van der Waals surface area contributed by atoms with Crippen LogP contribution in [0.3, 0.4) is 0 Å². The SMILES string of the molecule is C=CCN1C(=O)/C(=C/c2ccc3c(c2)CCCO3)S/C1=N\C(C)C. The van der Waals surface area contributed by atoms with Crippen LogP contribution in [0.1, 0.15) is 31.4 Å². The van der Waals surface area contributed by atoms with Crippen LogP contribution < -0.4 is 4.74 Å².